The summed E-state index contributed by atoms with van der Waals surface area (Å²) >= 11 is 0. The summed E-state index contributed by atoms with van der Waals surface area (Å²) in [4.78, 5) is 23.5. The van der Waals surface area contributed by atoms with Crippen LogP contribution in [0.4, 0.5) is 0 Å². The third-order valence-electron chi connectivity index (χ3n) is 1.80. The quantitative estimate of drug-likeness (QED) is 0.347. The zero-order valence-electron chi connectivity index (χ0n) is 6.31. The van der Waals surface area contributed by atoms with E-state index in [9.17, 15) is 9.59 Å². The van der Waals surface area contributed by atoms with Crippen LogP contribution in [-0.4, -0.2) is 34.8 Å². The monoisotopic (exact) mass is 161 g/mol. The van der Waals surface area contributed by atoms with Crippen molar-refractivity contribution in [2.75, 3.05) is 0 Å². The molecule has 1 aliphatic rings. The van der Waals surface area contributed by atoms with Crippen LogP contribution in [0.5, 0.6) is 0 Å². The van der Waals surface area contributed by atoms with Crippen molar-refractivity contribution in [2.24, 2.45) is 0 Å². The number of amides is 2. The molecule has 0 atom stereocenters. The number of hydrogen-bond donors (Lipinski definition) is 0. The second kappa shape index (κ2) is 2.13. The molecule has 5 nitrogen and oxygen atoms in total. The van der Waals surface area contributed by atoms with E-state index < -0.39 is 0 Å². The van der Waals surface area contributed by atoms with Crippen LogP contribution in [0, 0.1) is 0 Å². The van der Waals surface area contributed by atoms with Gasteiger partial charge in [0.1, 0.15) is 0 Å². The van der Waals surface area contributed by atoms with E-state index in [2.05, 4.69) is 10.2 Å². The number of nitrogens with zero attached hydrogens (tertiary/aromatic N) is 3. The molecule has 1 aliphatic heterocycles. The first-order valence-electron chi connectivity index (χ1n) is 3.35. The van der Waals surface area contributed by atoms with E-state index in [1.807, 2.05) is 0 Å². The molecular formula is C6H4BN3O2. The van der Waals surface area contributed by atoms with Crippen LogP contribution >= 0.6 is 0 Å². The Hall–Kier alpha value is -1.72. The molecule has 12 heavy (non-hydrogen) atoms. The Morgan fingerprint density at radius 1 is 1.08 bits per heavy atom. The Balaban J connectivity index is 2.67. The van der Waals surface area contributed by atoms with Crippen LogP contribution in [0.25, 0.3) is 0 Å². The maximum atomic E-state index is 11.2. The van der Waals surface area contributed by atoms with E-state index in [1.165, 1.54) is 20.4 Å². The number of carbonyl (C=O) groups excluding carboxylic acids is 2. The van der Waals surface area contributed by atoms with Crippen LogP contribution in [0.2, 0.25) is 0 Å². The minimum atomic E-state index is -0.315. The highest BCUT2D eigenvalue weighted by Gasteiger charge is 2.32. The highest BCUT2D eigenvalue weighted by atomic mass is 16.2. The molecule has 0 saturated carbocycles. The highest BCUT2D eigenvalue weighted by Crippen LogP contribution is 2.17. The summed E-state index contributed by atoms with van der Waals surface area (Å²) in [6, 6.07) is 0. The van der Waals surface area contributed by atoms with Crippen molar-refractivity contribution in [2.45, 2.75) is 0 Å². The molecule has 58 valence electrons. The molecule has 2 amide bonds. The van der Waals surface area contributed by atoms with Gasteiger partial charge < -0.3 is 4.81 Å². The first-order valence-corrected chi connectivity index (χ1v) is 3.35. The van der Waals surface area contributed by atoms with Gasteiger partial charge in [0, 0.05) is 0 Å². The fraction of sp³-hybridized carbons (Fsp3) is 0. The van der Waals surface area contributed by atoms with Gasteiger partial charge in [-0.15, -0.1) is 0 Å². The minimum absolute atomic E-state index is 0.315. The molecule has 0 spiro atoms. The molecular weight excluding hydrogens is 157 g/mol. The van der Waals surface area contributed by atoms with Crippen LogP contribution in [0.3, 0.4) is 0 Å². The lowest BCUT2D eigenvalue weighted by Crippen LogP contribution is -2.26. The van der Waals surface area contributed by atoms with Crippen molar-refractivity contribution in [1.29, 1.82) is 0 Å². The van der Waals surface area contributed by atoms with E-state index in [0.29, 0.717) is 11.1 Å². The molecule has 2 heterocycles. The summed E-state index contributed by atoms with van der Waals surface area (Å²) in [5.74, 6) is -0.630. The fourth-order valence-electron chi connectivity index (χ4n) is 1.12. The maximum absolute atomic E-state index is 11.2. The lowest BCUT2D eigenvalue weighted by molar-refractivity contribution is 0.0766. The molecule has 6 heteroatoms. The Morgan fingerprint density at radius 2 is 1.50 bits per heavy atom. The van der Waals surface area contributed by atoms with Crippen molar-refractivity contribution >= 4 is 19.8 Å². The van der Waals surface area contributed by atoms with Crippen LogP contribution in [-0.2, 0) is 0 Å². The van der Waals surface area contributed by atoms with E-state index >= 15 is 0 Å². The molecule has 0 N–H and O–H groups in total. The van der Waals surface area contributed by atoms with Gasteiger partial charge in [-0.1, -0.05) is 0 Å². The third kappa shape index (κ3) is 0.688. The van der Waals surface area contributed by atoms with Gasteiger partial charge in [-0.2, -0.15) is 10.2 Å². The lowest BCUT2D eigenvalue weighted by Gasteiger charge is -2.02. The van der Waals surface area contributed by atoms with Crippen LogP contribution in [0.1, 0.15) is 20.7 Å². The van der Waals surface area contributed by atoms with Gasteiger partial charge >= 0.3 is 0 Å². The summed E-state index contributed by atoms with van der Waals surface area (Å²) < 4.78 is 0. The summed E-state index contributed by atoms with van der Waals surface area (Å²) in [5.41, 5.74) is 0.662. The average molecular weight is 161 g/mol. The Labute approximate surface area is 68.8 Å². The van der Waals surface area contributed by atoms with E-state index in [0.717, 1.165) is 4.81 Å². The topological polar surface area (TPSA) is 63.2 Å². The number of carbonyl (C=O) groups is 2. The van der Waals surface area contributed by atoms with Gasteiger partial charge in [0.05, 0.1) is 23.5 Å². The largest absolute Gasteiger partial charge is 0.328 e. The van der Waals surface area contributed by atoms with E-state index in [4.69, 9.17) is 0 Å². The molecule has 1 aromatic heterocycles. The van der Waals surface area contributed by atoms with E-state index in [1.54, 1.807) is 0 Å². The van der Waals surface area contributed by atoms with Crippen molar-refractivity contribution in [3.63, 3.8) is 0 Å². The smallest absolute Gasteiger partial charge is 0.250 e. The van der Waals surface area contributed by atoms with Crippen molar-refractivity contribution in [1.82, 2.24) is 15.0 Å². The zero-order valence-corrected chi connectivity index (χ0v) is 6.31. The third-order valence-corrected chi connectivity index (χ3v) is 1.80. The summed E-state index contributed by atoms with van der Waals surface area (Å²) in [5, 5.41) is 7.05. The molecule has 2 rings (SSSR count). The second-order valence-corrected chi connectivity index (χ2v) is 2.49. The van der Waals surface area contributed by atoms with E-state index in [-0.39, 0.29) is 11.8 Å². The predicted octanol–water partition coefficient (Wildman–Crippen LogP) is -1.38. The predicted molar refractivity (Wildman–Crippen MR) is 41.1 cm³/mol. The highest BCUT2D eigenvalue weighted by molar-refractivity contribution is 6.36. The SMILES string of the molecule is BN1C(=O)c2cnncc2C1=O. The zero-order chi connectivity index (χ0) is 8.72. The summed E-state index contributed by atoms with van der Waals surface area (Å²) in [7, 11) is 1.44. The number of aromatic nitrogens is 2. The lowest BCUT2D eigenvalue weighted by atomic mass is 10.2. The maximum Gasteiger partial charge on any atom is 0.250 e. The molecule has 0 aliphatic carbocycles. The Bertz CT molecular complexity index is 344. The number of fused-ring (bicyclic) bond motifs is 1. The summed E-state index contributed by atoms with van der Waals surface area (Å²) in [6.07, 6.45) is 2.61. The van der Waals surface area contributed by atoms with Gasteiger partial charge in [-0.3, -0.25) is 9.59 Å². The first-order chi connectivity index (χ1) is 5.72. The van der Waals surface area contributed by atoms with Gasteiger partial charge in [0.15, 0.2) is 0 Å². The number of rotatable bonds is 0. The molecule has 0 unspecified atom stereocenters. The normalized spacial score (nSPS) is 15.2. The van der Waals surface area contributed by atoms with Crippen LogP contribution < -0.4 is 0 Å². The average Bonchev–Trinajstić information content (AvgIpc) is 2.33. The number of hydrogen-bond acceptors (Lipinski definition) is 4. The Kier molecular flexibility index (Phi) is 1.24. The van der Waals surface area contributed by atoms with Crippen molar-refractivity contribution in [3.05, 3.63) is 23.5 Å². The van der Waals surface area contributed by atoms with Crippen molar-refractivity contribution in [3.8, 4) is 0 Å². The van der Waals surface area contributed by atoms with Gasteiger partial charge in [-0.25, -0.2) is 0 Å². The van der Waals surface area contributed by atoms with Gasteiger partial charge in [-0.05, 0) is 0 Å². The fourth-order valence-corrected chi connectivity index (χ4v) is 1.12. The van der Waals surface area contributed by atoms with Crippen molar-refractivity contribution < 1.29 is 9.59 Å². The molecule has 1 aromatic rings. The van der Waals surface area contributed by atoms with Gasteiger partial charge in [0.25, 0.3) is 11.8 Å². The molecule has 0 fully saturated rings. The van der Waals surface area contributed by atoms with Crippen LogP contribution in [0.15, 0.2) is 12.4 Å². The standard InChI is InChI=1S/C6H4BN3O2/c7-10-5(11)3-1-8-9-2-4(3)6(10)12/h1-2H,7H2. The van der Waals surface area contributed by atoms with Gasteiger partial charge in [0.2, 0.25) is 7.98 Å². The molecule has 0 aromatic carbocycles. The number of imide groups is 1. The summed E-state index contributed by atoms with van der Waals surface area (Å²) in [6.45, 7) is 0. The minimum Gasteiger partial charge on any atom is -0.328 e. The second-order valence-electron chi connectivity index (χ2n) is 2.49. The molecule has 0 bridgehead atoms. The Morgan fingerprint density at radius 3 is 1.92 bits per heavy atom. The first kappa shape index (κ1) is 6.96. The molecule has 0 saturated heterocycles. The molecule has 0 radical (unpaired) electrons.